The maximum atomic E-state index is 13.5. The average molecular weight is 581 g/mol. The zero-order chi connectivity index (χ0) is 25.5. The highest BCUT2D eigenvalue weighted by Crippen LogP contribution is 2.41. The number of hydrogen-bond acceptors (Lipinski definition) is 4. The first kappa shape index (κ1) is 27.0. The van der Waals surface area contributed by atoms with Crippen LogP contribution in [0.3, 0.4) is 0 Å². The van der Waals surface area contributed by atoms with E-state index in [4.69, 9.17) is 9.16 Å². The van der Waals surface area contributed by atoms with Crippen molar-refractivity contribution in [3.8, 4) is 5.75 Å². The van der Waals surface area contributed by atoms with Gasteiger partial charge in [0.2, 0.25) is 0 Å². The molecule has 1 unspecified atom stereocenters. The van der Waals surface area contributed by atoms with Gasteiger partial charge in [0.1, 0.15) is 11.9 Å². The SMILES string of the molecule is CC(C)(C)[Si](C)(C)OCCC1CN(S(=O)(=O)c2cccc(C(F)(F)F)c2)c2cc(Br)ccc2O1. The fraction of sp³-hybridized carbons (Fsp3) is 0.478. The molecule has 1 aliphatic heterocycles. The molecule has 188 valence electrons. The molecule has 0 radical (unpaired) electrons. The average Bonchev–Trinajstić information content (AvgIpc) is 2.72. The van der Waals surface area contributed by atoms with Gasteiger partial charge in [-0.3, -0.25) is 4.31 Å². The lowest BCUT2D eigenvalue weighted by molar-refractivity contribution is -0.137. The molecule has 2 aromatic carbocycles. The Morgan fingerprint density at radius 1 is 1.15 bits per heavy atom. The molecule has 34 heavy (non-hydrogen) atoms. The first-order chi connectivity index (χ1) is 15.5. The number of fused-ring (bicyclic) bond motifs is 1. The fourth-order valence-electron chi connectivity index (χ4n) is 3.29. The summed E-state index contributed by atoms with van der Waals surface area (Å²) < 4.78 is 80.7. The number of benzene rings is 2. The molecular weight excluding hydrogens is 551 g/mol. The Hall–Kier alpha value is -1.56. The normalized spacial score (nSPS) is 17.3. The minimum absolute atomic E-state index is 0.0260. The number of anilines is 1. The van der Waals surface area contributed by atoms with Crippen LogP contribution in [0.25, 0.3) is 0 Å². The van der Waals surface area contributed by atoms with Crippen molar-refractivity contribution in [3.05, 3.63) is 52.5 Å². The van der Waals surface area contributed by atoms with Gasteiger partial charge in [0.25, 0.3) is 10.0 Å². The summed E-state index contributed by atoms with van der Waals surface area (Å²) in [7, 11) is -6.28. The molecule has 0 spiro atoms. The zero-order valence-corrected chi connectivity index (χ0v) is 23.1. The van der Waals surface area contributed by atoms with E-state index in [1.165, 1.54) is 6.07 Å². The molecule has 0 aromatic heterocycles. The second kappa shape index (κ2) is 9.48. The van der Waals surface area contributed by atoms with Crippen LogP contribution in [0.5, 0.6) is 5.75 Å². The quantitative estimate of drug-likeness (QED) is 0.352. The summed E-state index contributed by atoms with van der Waals surface area (Å²) in [5.74, 6) is 0.349. The largest absolute Gasteiger partial charge is 0.486 e. The molecule has 0 aliphatic carbocycles. The number of ether oxygens (including phenoxy) is 1. The van der Waals surface area contributed by atoms with Crippen molar-refractivity contribution in [2.24, 2.45) is 0 Å². The van der Waals surface area contributed by atoms with Gasteiger partial charge in [0.15, 0.2) is 8.32 Å². The van der Waals surface area contributed by atoms with E-state index in [0.717, 1.165) is 16.4 Å². The third kappa shape index (κ3) is 5.80. The van der Waals surface area contributed by atoms with Gasteiger partial charge in [0.05, 0.1) is 22.7 Å². The van der Waals surface area contributed by atoms with E-state index in [2.05, 4.69) is 49.8 Å². The van der Waals surface area contributed by atoms with Gasteiger partial charge < -0.3 is 9.16 Å². The van der Waals surface area contributed by atoms with Gasteiger partial charge in [-0.25, -0.2) is 8.42 Å². The van der Waals surface area contributed by atoms with E-state index in [-0.39, 0.29) is 17.3 Å². The van der Waals surface area contributed by atoms with E-state index in [1.807, 2.05) is 0 Å². The smallest absolute Gasteiger partial charge is 0.416 e. The van der Waals surface area contributed by atoms with Crippen LogP contribution in [0, 0.1) is 0 Å². The van der Waals surface area contributed by atoms with Crippen molar-refractivity contribution >= 4 is 40.0 Å². The first-order valence-corrected chi connectivity index (χ1v) is 16.0. The number of halogens is 4. The second-order valence-electron chi connectivity index (χ2n) is 9.81. The van der Waals surface area contributed by atoms with Gasteiger partial charge in [0, 0.05) is 17.5 Å². The Morgan fingerprint density at radius 3 is 2.44 bits per heavy atom. The zero-order valence-electron chi connectivity index (χ0n) is 19.7. The topological polar surface area (TPSA) is 55.8 Å². The Kier molecular flexibility index (Phi) is 7.53. The summed E-state index contributed by atoms with van der Waals surface area (Å²) >= 11 is 3.33. The van der Waals surface area contributed by atoms with E-state index in [1.54, 1.807) is 18.2 Å². The van der Waals surface area contributed by atoms with E-state index >= 15 is 0 Å². The van der Waals surface area contributed by atoms with Crippen LogP contribution < -0.4 is 9.04 Å². The molecule has 0 saturated carbocycles. The summed E-state index contributed by atoms with van der Waals surface area (Å²) in [6, 6.07) is 8.75. The van der Waals surface area contributed by atoms with Crippen LogP contribution in [0.2, 0.25) is 18.1 Å². The maximum Gasteiger partial charge on any atom is 0.416 e. The minimum Gasteiger partial charge on any atom is -0.486 e. The third-order valence-corrected chi connectivity index (χ3v) is 13.1. The van der Waals surface area contributed by atoms with E-state index < -0.39 is 41.1 Å². The minimum atomic E-state index is -4.65. The highest BCUT2D eigenvalue weighted by Gasteiger charge is 2.39. The van der Waals surface area contributed by atoms with Crippen molar-refractivity contribution in [2.75, 3.05) is 17.5 Å². The molecule has 2 aromatic rings. The van der Waals surface area contributed by atoms with E-state index in [0.29, 0.717) is 29.3 Å². The summed E-state index contributed by atoms with van der Waals surface area (Å²) in [5.41, 5.74) is -0.746. The summed E-state index contributed by atoms with van der Waals surface area (Å²) in [6.07, 6.45) is -4.73. The molecule has 0 fully saturated rings. The maximum absolute atomic E-state index is 13.5. The molecule has 0 N–H and O–H groups in total. The second-order valence-corrected chi connectivity index (χ2v) is 17.4. The molecule has 11 heteroatoms. The van der Waals surface area contributed by atoms with Crippen LogP contribution in [0.4, 0.5) is 18.9 Å². The summed E-state index contributed by atoms with van der Waals surface area (Å²) in [6.45, 7) is 11.0. The molecule has 5 nitrogen and oxygen atoms in total. The summed E-state index contributed by atoms with van der Waals surface area (Å²) in [5, 5.41) is 0.0260. The van der Waals surface area contributed by atoms with Crippen LogP contribution >= 0.6 is 15.9 Å². The van der Waals surface area contributed by atoms with Crippen LogP contribution in [0.1, 0.15) is 32.8 Å². The van der Waals surface area contributed by atoms with Crippen molar-refractivity contribution in [3.63, 3.8) is 0 Å². The van der Waals surface area contributed by atoms with Gasteiger partial charge in [-0.15, -0.1) is 0 Å². The van der Waals surface area contributed by atoms with Crippen LogP contribution in [-0.4, -0.2) is 36.0 Å². The number of sulfonamides is 1. The Bertz CT molecular complexity index is 1150. The number of rotatable bonds is 6. The predicted molar refractivity (Wildman–Crippen MR) is 132 cm³/mol. The molecule has 1 atom stereocenters. The lowest BCUT2D eigenvalue weighted by atomic mass is 10.2. The van der Waals surface area contributed by atoms with E-state index in [9.17, 15) is 21.6 Å². The number of nitrogens with zero attached hydrogens (tertiary/aromatic N) is 1. The molecule has 1 heterocycles. The molecule has 3 rings (SSSR count). The number of hydrogen-bond donors (Lipinski definition) is 0. The predicted octanol–water partition coefficient (Wildman–Crippen LogP) is 6.84. The Labute approximate surface area is 208 Å². The fourth-order valence-corrected chi connectivity index (χ4v) is 6.24. The highest BCUT2D eigenvalue weighted by molar-refractivity contribution is 9.10. The molecular formula is C23H29BrF3NO4SSi. The Balaban J connectivity index is 1.91. The lowest BCUT2D eigenvalue weighted by Crippen LogP contribution is -2.45. The van der Waals surface area contributed by atoms with Gasteiger partial charge >= 0.3 is 6.18 Å². The van der Waals surface area contributed by atoms with Crippen molar-refractivity contribution in [1.29, 1.82) is 0 Å². The highest BCUT2D eigenvalue weighted by atomic mass is 79.9. The van der Waals surface area contributed by atoms with Gasteiger partial charge in [-0.2, -0.15) is 13.2 Å². The molecule has 0 amide bonds. The van der Waals surface area contributed by atoms with Crippen molar-refractivity contribution < 1.29 is 30.8 Å². The standard InChI is InChI=1S/C23H29BrF3NO4SSi/c1-22(2,3)34(4,5)31-12-11-18-15-28(20-14-17(24)9-10-21(20)32-18)33(29,30)19-8-6-7-16(13-19)23(25,26)27/h6-10,13-14,18H,11-12,15H2,1-5H3. The lowest BCUT2D eigenvalue weighted by Gasteiger charge is -2.38. The monoisotopic (exact) mass is 579 g/mol. The summed E-state index contributed by atoms with van der Waals surface area (Å²) in [4.78, 5) is -0.425. The first-order valence-electron chi connectivity index (χ1n) is 10.8. The van der Waals surface area contributed by atoms with Crippen molar-refractivity contribution in [1.82, 2.24) is 0 Å². The van der Waals surface area contributed by atoms with Gasteiger partial charge in [-0.1, -0.05) is 42.8 Å². The number of alkyl halides is 3. The van der Waals surface area contributed by atoms with Gasteiger partial charge in [-0.05, 0) is 54.5 Å². The van der Waals surface area contributed by atoms with Crippen molar-refractivity contribution in [2.45, 2.75) is 62.5 Å². The van der Waals surface area contributed by atoms with Crippen LogP contribution in [0.15, 0.2) is 51.8 Å². The third-order valence-electron chi connectivity index (χ3n) is 6.31. The Morgan fingerprint density at radius 2 is 1.82 bits per heavy atom. The van der Waals surface area contributed by atoms with Crippen LogP contribution in [-0.2, 0) is 20.6 Å². The molecule has 0 saturated heterocycles. The molecule has 1 aliphatic rings. The molecule has 0 bridgehead atoms.